The van der Waals surface area contributed by atoms with E-state index in [-0.39, 0.29) is 11.6 Å². The molecule has 30 heavy (non-hydrogen) atoms. The molecule has 0 saturated heterocycles. The van der Waals surface area contributed by atoms with Crippen LogP contribution in [-0.2, 0) is 12.6 Å². The SMILES string of the molecule is Nc1nc(Nc2cccc(C(F)(F)F)c2)c2cc(Cc3ccc(Cl)cc3Cl)[nH]c2n1. The van der Waals surface area contributed by atoms with Gasteiger partial charge in [0, 0.05) is 27.8 Å². The largest absolute Gasteiger partial charge is 0.416 e. The molecule has 4 rings (SSSR count). The fourth-order valence-corrected chi connectivity index (χ4v) is 3.53. The van der Waals surface area contributed by atoms with Crippen molar-refractivity contribution in [1.82, 2.24) is 15.0 Å². The third-order valence-electron chi connectivity index (χ3n) is 4.41. The fourth-order valence-electron chi connectivity index (χ4n) is 3.05. The molecule has 0 amide bonds. The molecular formula is C20H14Cl2F3N5. The number of alkyl halides is 3. The van der Waals surface area contributed by atoms with Gasteiger partial charge in [-0.05, 0) is 42.0 Å². The number of rotatable bonds is 4. The Morgan fingerprint density at radius 2 is 1.83 bits per heavy atom. The maximum Gasteiger partial charge on any atom is 0.416 e. The van der Waals surface area contributed by atoms with Gasteiger partial charge in [-0.2, -0.15) is 23.1 Å². The number of nitrogens with one attached hydrogen (secondary N) is 2. The normalized spacial score (nSPS) is 11.8. The number of nitrogens with zero attached hydrogens (tertiary/aromatic N) is 2. The lowest BCUT2D eigenvalue weighted by Gasteiger charge is -2.11. The minimum atomic E-state index is -4.45. The summed E-state index contributed by atoms with van der Waals surface area (Å²) in [7, 11) is 0. The first kappa shape index (κ1) is 20.3. The summed E-state index contributed by atoms with van der Waals surface area (Å²) in [6.45, 7) is 0. The molecule has 0 radical (unpaired) electrons. The lowest BCUT2D eigenvalue weighted by molar-refractivity contribution is -0.137. The summed E-state index contributed by atoms with van der Waals surface area (Å²) < 4.78 is 39.0. The number of hydrogen-bond donors (Lipinski definition) is 3. The molecule has 2 aromatic heterocycles. The van der Waals surface area contributed by atoms with Crippen LogP contribution >= 0.6 is 23.2 Å². The Bertz CT molecular complexity index is 1240. The van der Waals surface area contributed by atoms with E-state index in [9.17, 15) is 13.2 Å². The Morgan fingerprint density at radius 1 is 1.03 bits per heavy atom. The zero-order valence-corrected chi connectivity index (χ0v) is 16.7. The molecule has 0 aliphatic heterocycles. The predicted octanol–water partition coefficient (Wildman–Crippen LogP) is 6.20. The van der Waals surface area contributed by atoms with Gasteiger partial charge in [0.05, 0.1) is 10.9 Å². The molecule has 5 nitrogen and oxygen atoms in total. The number of halogens is 5. The van der Waals surface area contributed by atoms with Crippen LogP contribution in [-0.4, -0.2) is 15.0 Å². The third-order valence-corrected chi connectivity index (χ3v) is 5.00. The summed E-state index contributed by atoms with van der Waals surface area (Å²) in [6.07, 6.45) is -3.98. The minimum absolute atomic E-state index is 0.0186. The van der Waals surface area contributed by atoms with Crippen molar-refractivity contribution in [2.24, 2.45) is 0 Å². The zero-order valence-electron chi connectivity index (χ0n) is 15.2. The zero-order chi connectivity index (χ0) is 21.5. The summed E-state index contributed by atoms with van der Waals surface area (Å²) in [5, 5.41) is 4.54. The topological polar surface area (TPSA) is 79.6 Å². The van der Waals surface area contributed by atoms with Gasteiger partial charge in [0.15, 0.2) is 0 Å². The first-order valence-corrected chi connectivity index (χ1v) is 9.48. The van der Waals surface area contributed by atoms with E-state index in [1.54, 1.807) is 18.2 Å². The highest BCUT2D eigenvalue weighted by molar-refractivity contribution is 6.35. The van der Waals surface area contributed by atoms with Gasteiger partial charge in [-0.15, -0.1) is 0 Å². The van der Waals surface area contributed by atoms with E-state index < -0.39 is 11.7 Å². The number of benzene rings is 2. The number of aromatic nitrogens is 3. The molecule has 0 saturated carbocycles. The molecule has 0 aliphatic carbocycles. The van der Waals surface area contributed by atoms with E-state index in [1.807, 2.05) is 6.07 Å². The van der Waals surface area contributed by atoms with Crippen LogP contribution in [0.5, 0.6) is 0 Å². The molecule has 4 N–H and O–H groups in total. The van der Waals surface area contributed by atoms with E-state index in [2.05, 4.69) is 20.3 Å². The van der Waals surface area contributed by atoms with Crippen molar-refractivity contribution in [3.63, 3.8) is 0 Å². The molecule has 0 bridgehead atoms. The van der Waals surface area contributed by atoms with E-state index in [1.165, 1.54) is 12.1 Å². The van der Waals surface area contributed by atoms with Crippen LogP contribution in [0.1, 0.15) is 16.8 Å². The first-order valence-electron chi connectivity index (χ1n) is 8.72. The van der Waals surface area contributed by atoms with Gasteiger partial charge in [-0.1, -0.05) is 35.3 Å². The maximum atomic E-state index is 13.0. The molecule has 0 spiro atoms. The highest BCUT2D eigenvalue weighted by Crippen LogP contribution is 2.33. The van der Waals surface area contributed by atoms with Crippen LogP contribution in [0.4, 0.5) is 30.6 Å². The number of anilines is 3. The molecule has 4 aromatic rings. The smallest absolute Gasteiger partial charge is 0.368 e. The second kappa shape index (κ2) is 7.70. The third kappa shape index (κ3) is 4.29. The van der Waals surface area contributed by atoms with Gasteiger partial charge in [0.25, 0.3) is 0 Å². The van der Waals surface area contributed by atoms with Crippen molar-refractivity contribution in [3.05, 3.63) is 75.4 Å². The Balaban J connectivity index is 1.69. The monoisotopic (exact) mass is 451 g/mol. The van der Waals surface area contributed by atoms with Crippen molar-refractivity contribution in [2.45, 2.75) is 12.6 Å². The Labute approximate surface area is 179 Å². The number of H-pyrrole nitrogens is 1. The van der Waals surface area contributed by atoms with Crippen molar-refractivity contribution in [1.29, 1.82) is 0 Å². The Kier molecular flexibility index (Phi) is 5.21. The van der Waals surface area contributed by atoms with E-state index >= 15 is 0 Å². The van der Waals surface area contributed by atoms with E-state index in [4.69, 9.17) is 28.9 Å². The van der Waals surface area contributed by atoms with Gasteiger partial charge in [0.2, 0.25) is 5.95 Å². The molecule has 0 unspecified atom stereocenters. The molecule has 2 heterocycles. The van der Waals surface area contributed by atoms with Crippen LogP contribution in [0.15, 0.2) is 48.5 Å². The molecule has 0 aliphatic rings. The summed E-state index contributed by atoms with van der Waals surface area (Å²) in [5.41, 5.74) is 7.33. The number of hydrogen-bond acceptors (Lipinski definition) is 4. The van der Waals surface area contributed by atoms with Crippen LogP contribution < -0.4 is 11.1 Å². The van der Waals surface area contributed by atoms with Gasteiger partial charge in [0.1, 0.15) is 11.5 Å². The summed E-state index contributed by atoms with van der Waals surface area (Å²) in [6, 6.07) is 11.8. The van der Waals surface area contributed by atoms with Crippen LogP contribution in [0.3, 0.4) is 0 Å². The molecule has 2 aromatic carbocycles. The number of nitrogen functional groups attached to an aromatic ring is 1. The average Bonchev–Trinajstić information content (AvgIpc) is 3.06. The average molecular weight is 452 g/mol. The van der Waals surface area contributed by atoms with Gasteiger partial charge in [-0.3, -0.25) is 0 Å². The number of fused-ring (bicyclic) bond motifs is 1. The van der Waals surface area contributed by atoms with Gasteiger partial charge < -0.3 is 16.0 Å². The summed E-state index contributed by atoms with van der Waals surface area (Å²) >= 11 is 12.2. The highest BCUT2D eigenvalue weighted by atomic mass is 35.5. The molecule has 0 fully saturated rings. The summed E-state index contributed by atoms with van der Waals surface area (Å²) in [4.78, 5) is 11.5. The highest BCUT2D eigenvalue weighted by Gasteiger charge is 2.30. The number of nitrogens with two attached hydrogens (primary N) is 1. The van der Waals surface area contributed by atoms with Crippen molar-refractivity contribution >= 4 is 51.7 Å². The second-order valence-corrected chi connectivity index (χ2v) is 7.45. The fraction of sp³-hybridized carbons (Fsp3) is 0.100. The molecule has 154 valence electrons. The van der Waals surface area contributed by atoms with Crippen molar-refractivity contribution in [3.8, 4) is 0 Å². The van der Waals surface area contributed by atoms with Crippen LogP contribution in [0.2, 0.25) is 10.0 Å². The summed E-state index contributed by atoms with van der Waals surface area (Å²) in [5.74, 6) is 0.274. The van der Waals surface area contributed by atoms with Crippen molar-refractivity contribution in [2.75, 3.05) is 11.1 Å². The number of aromatic amines is 1. The lowest BCUT2D eigenvalue weighted by Crippen LogP contribution is -2.06. The second-order valence-electron chi connectivity index (χ2n) is 6.60. The maximum absolute atomic E-state index is 13.0. The molecule has 10 heteroatoms. The van der Waals surface area contributed by atoms with Gasteiger partial charge in [-0.25, -0.2) is 0 Å². The van der Waals surface area contributed by atoms with E-state index in [0.717, 1.165) is 23.4 Å². The minimum Gasteiger partial charge on any atom is -0.368 e. The van der Waals surface area contributed by atoms with Gasteiger partial charge >= 0.3 is 6.18 Å². The predicted molar refractivity (Wildman–Crippen MR) is 112 cm³/mol. The molecule has 0 atom stereocenters. The Morgan fingerprint density at radius 3 is 2.57 bits per heavy atom. The first-order chi connectivity index (χ1) is 14.2. The van der Waals surface area contributed by atoms with E-state index in [0.29, 0.717) is 33.3 Å². The van der Waals surface area contributed by atoms with Crippen LogP contribution in [0, 0.1) is 0 Å². The standard InChI is InChI=1S/C20H14Cl2F3N5/c21-12-5-4-10(16(22)8-12)6-14-9-15-17(29-19(26)30-18(15)28-14)27-13-3-1-2-11(7-13)20(23,24)25/h1-5,7-9H,6H2,(H4,26,27,28,29,30). The quantitative estimate of drug-likeness (QED) is 0.345. The van der Waals surface area contributed by atoms with Crippen molar-refractivity contribution < 1.29 is 13.2 Å². The van der Waals surface area contributed by atoms with Crippen LogP contribution in [0.25, 0.3) is 11.0 Å². The lowest BCUT2D eigenvalue weighted by atomic mass is 10.1. The molecular weight excluding hydrogens is 438 g/mol. The Hall–Kier alpha value is -2.97.